The molecule has 0 aliphatic carbocycles. The van der Waals surface area contributed by atoms with E-state index in [1.165, 1.54) is 6.07 Å². The van der Waals surface area contributed by atoms with Gasteiger partial charge in [-0.2, -0.15) is 8.42 Å². The van der Waals surface area contributed by atoms with Gasteiger partial charge < -0.3 is 5.73 Å². The van der Waals surface area contributed by atoms with Gasteiger partial charge in [0.05, 0.1) is 16.0 Å². The third-order valence-corrected chi connectivity index (χ3v) is 3.37. The molecule has 0 spiro atoms. The lowest BCUT2D eigenvalue weighted by molar-refractivity contribution is 0.100. The first kappa shape index (κ1) is 20.7. The number of carbonyl (C=O) groups excluding carboxylic acids is 1. The van der Waals surface area contributed by atoms with Crippen LogP contribution in [0.15, 0.2) is 41.8 Å². The SMILES string of the molecule is NC(=O)c1ccc(F)cc1Cl.O=S(=O)(O)/C=C/c1ccc(F)cc1F. The van der Waals surface area contributed by atoms with Crippen molar-refractivity contribution in [3.63, 3.8) is 0 Å². The molecule has 0 aliphatic rings. The van der Waals surface area contributed by atoms with E-state index in [1.54, 1.807) is 0 Å². The van der Waals surface area contributed by atoms with Crippen LogP contribution in [0.1, 0.15) is 15.9 Å². The molecule has 0 fully saturated rings. The van der Waals surface area contributed by atoms with Crippen LogP contribution >= 0.6 is 11.6 Å². The van der Waals surface area contributed by atoms with Crippen LogP contribution in [-0.2, 0) is 10.1 Å². The van der Waals surface area contributed by atoms with Crippen molar-refractivity contribution in [2.45, 2.75) is 0 Å². The lowest BCUT2D eigenvalue weighted by Crippen LogP contribution is -2.11. The van der Waals surface area contributed by atoms with Crippen LogP contribution in [0.4, 0.5) is 13.2 Å². The van der Waals surface area contributed by atoms with Crippen LogP contribution in [0.5, 0.6) is 0 Å². The fourth-order valence-corrected chi connectivity index (χ4v) is 2.06. The molecule has 0 atom stereocenters. The van der Waals surface area contributed by atoms with Gasteiger partial charge in [0.25, 0.3) is 10.1 Å². The molecule has 5 nitrogen and oxygen atoms in total. The largest absolute Gasteiger partial charge is 0.366 e. The van der Waals surface area contributed by atoms with Crippen LogP contribution in [0.25, 0.3) is 6.08 Å². The van der Waals surface area contributed by atoms with E-state index in [-0.39, 0.29) is 16.1 Å². The number of amides is 1. The van der Waals surface area contributed by atoms with Crippen molar-refractivity contribution in [3.05, 3.63) is 75.4 Å². The molecule has 0 aliphatic heterocycles. The summed E-state index contributed by atoms with van der Waals surface area (Å²) in [5.41, 5.74) is 4.93. The Morgan fingerprint density at radius 2 is 1.64 bits per heavy atom. The third kappa shape index (κ3) is 7.38. The number of nitrogens with two attached hydrogens (primary N) is 1. The molecule has 2 rings (SSSR count). The minimum absolute atomic E-state index is 0.0394. The van der Waals surface area contributed by atoms with Crippen molar-refractivity contribution in [1.82, 2.24) is 0 Å². The first-order valence-electron chi connectivity index (χ1n) is 6.35. The first-order valence-corrected chi connectivity index (χ1v) is 8.23. The maximum atomic E-state index is 12.9. The second-order valence-corrected chi connectivity index (χ2v) is 6.18. The van der Waals surface area contributed by atoms with Crippen molar-refractivity contribution >= 4 is 33.7 Å². The Bertz CT molecular complexity index is 917. The topological polar surface area (TPSA) is 97.5 Å². The Morgan fingerprint density at radius 1 is 1.08 bits per heavy atom. The van der Waals surface area contributed by atoms with Crippen LogP contribution in [-0.4, -0.2) is 18.9 Å². The Balaban J connectivity index is 0.000000257. The van der Waals surface area contributed by atoms with Gasteiger partial charge in [0, 0.05) is 11.6 Å². The molecule has 3 N–H and O–H groups in total. The molecule has 134 valence electrons. The molecule has 0 aromatic heterocycles. The van der Waals surface area contributed by atoms with Gasteiger partial charge in [0.2, 0.25) is 5.91 Å². The lowest BCUT2D eigenvalue weighted by atomic mass is 10.2. The number of benzene rings is 2. The Labute approximate surface area is 146 Å². The second-order valence-electron chi connectivity index (χ2n) is 4.47. The molecule has 0 saturated heterocycles. The van der Waals surface area contributed by atoms with Gasteiger partial charge in [0.15, 0.2) is 0 Å². The highest BCUT2D eigenvalue weighted by Crippen LogP contribution is 2.16. The van der Waals surface area contributed by atoms with E-state index in [9.17, 15) is 26.4 Å². The number of halogens is 4. The van der Waals surface area contributed by atoms with Gasteiger partial charge in [-0.3, -0.25) is 9.35 Å². The van der Waals surface area contributed by atoms with Crippen molar-refractivity contribution in [1.29, 1.82) is 0 Å². The maximum Gasteiger partial charge on any atom is 0.287 e. The van der Waals surface area contributed by atoms with Crippen molar-refractivity contribution in [2.24, 2.45) is 5.73 Å². The predicted molar refractivity (Wildman–Crippen MR) is 86.9 cm³/mol. The van der Waals surface area contributed by atoms with E-state index in [2.05, 4.69) is 0 Å². The zero-order chi connectivity index (χ0) is 19.2. The average Bonchev–Trinajstić information content (AvgIpc) is 2.45. The number of carbonyl (C=O) groups is 1. The molecule has 0 radical (unpaired) electrons. The smallest absolute Gasteiger partial charge is 0.287 e. The summed E-state index contributed by atoms with van der Waals surface area (Å²) < 4.78 is 66.4. The van der Waals surface area contributed by atoms with E-state index in [0.717, 1.165) is 30.3 Å². The fourth-order valence-electron chi connectivity index (χ4n) is 1.49. The third-order valence-electron chi connectivity index (χ3n) is 2.58. The fraction of sp³-hybridized carbons (Fsp3) is 0. The second kappa shape index (κ2) is 8.65. The van der Waals surface area contributed by atoms with Gasteiger partial charge in [-0.15, -0.1) is 0 Å². The summed E-state index contributed by atoms with van der Waals surface area (Å²) in [7, 11) is -4.29. The highest BCUT2D eigenvalue weighted by atomic mass is 35.5. The maximum absolute atomic E-state index is 12.9. The Hall–Kier alpha value is -2.36. The van der Waals surface area contributed by atoms with Gasteiger partial charge in [-0.25, -0.2) is 13.2 Å². The van der Waals surface area contributed by atoms with Gasteiger partial charge in [0.1, 0.15) is 17.5 Å². The van der Waals surface area contributed by atoms with Crippen LogP contribution in [0, 0.1) is 17.5 Å². The quantitative estimate of drug-likeness (QED) is 0.781. The highest BCUT2D eigenvalue weighted by molar-refractivity contribution is 7.88. The Morgan fingerprint density at radius 3 is 2.12 bits per heavy atom. The number of rotatable bonds is 3. The summed E-state index contributed by atoms with van der Waals surface area (Å²) in [6.07, 6.45) is 0.837. The predicted octanol–water partition coefficient (Wildman–Crippen LogP) is 3.40. The van der Waals surface area contributed by atoms with E-state index in [1.807, 2.05) is 0 Å². The Kier molecular flexibility index (Phi) is 7.16. The van der Waals surface area contributed by atoms with Crippen molar-refractivity contribution in [3.8, 4) is 0 Å². The van der Waals surface area contributed by atoms with Crippen LogP contribution in [0.2, 0.25) is 5.02 Å². The molecule has 1 amide bonds. The van der Waals surface area contributed by atoms with E-state index >= 15 is 0 Å². The minimum Gasteiger partial charge on any atom is -0.366 e. The van der Waals surface area contributed by atoms with E-state index in [0.29, 0.717) is 11.5 Å². The summed E-state index contributed by atoms with van der Waals surface area (Å²) >= 11 is 5.48. The van der Waals surface area contributed by atoms with Crippen LogP contribution < -0.4 is 5.73 Å². The number of hydrogen-bond donors (Lipinski definition) is 2. The first-order chi connectivity index (χ1) is 11.5. The highest BCUT2D eigenvalue weighted by Gasteiger charge is 2.06. The molecule has 0 bridgehead atoms. The molecule has 25 heavy (non-hydrogen) atoms. The monoisotopic (exact) mass is 393 g/mol. The molecular weight excluding hydrogens is 383 g/mol. The standard InChI is InChI=1S/C8H6F2O3S.C7H5ClFNO/c9-7-2-1-6(8(10)5-7)3-4-14(11,12)13;8-6-3-4(9)1-2-5(6)7(10)11/h1-5H,(H,11,12,13);1-3H,(H2,10,11)/b4-3+;. The van der Waals surface area contributed by atoms with Crippen molar-refractivity contribution in [2.75, 3.05) is 0 Å². The normalized spacial score (nSPS) is 11.1. The molecule has 2 aromatic carbocycles. The summed E-state index contributed by atoms with van der Waals surface area (Å²) in [5.74, 6) is -2.80. The zero-order valence-corrected chi connectivity index (χ0v) is 13.9. The lowest BCUT2D eigenvalue weighted by Gasteiger charge is -1.97. The minimum atomic E-state index is -4.29. The van der Waals surface area contributed by atoms with Gasteiger partial charge in [-0.1, -0.05) is 11.6 Å². The molecule has 10 heteroatoms. The van der Waals surface area contributed by atoms with Crippen LogP contribution in [0.3, 0.4) is 0 Å². The molecule has 0 saturated carbocycles. The summed E-state index contributed by atoms with van der Waals surface area (Å²) in [4.78, 5) is 10.5. The van der Waals surface area contributed by atoms with Gasteiger partial charge in [-0.05, 0) is 36.4 Å². The number of hydrogen-bond acceptors (Lipinski definition) is 3. The molecule has 2 aromatic rings. The summed E-state index contributed by atoms with van der Waals surface area (Å²) in [6, 6.07) is 6.08. The van der Waals surface area contributed by atoms with Crippen molar-refractivity contribution < 1.29 is 30.9 Å². The average molecular weight is 394 g/mol. The molecule has 0 heterocycles. The van der Waals surface area contributed by atoms with E-state index < -0.39 is 33.5 Å². The summed E-state index contributed by atoms with van der Waals surface area (Å²) in [5, 5.41) is 0.459. The van der Waals surface area contributed by atoms with Gasteiger partial charge >= 0.3 is 0 Å². The number of primary amides is 1. The molecular formula is C15H11ClF3NO4S. The molecule has 0 unspecified atom stereocenters. The van der Waals surface area contributed by atoms with E-state index in [4.69, 9.17) is 21.9 Å². The zero-order valence-electron chi connectivity index (χ0n) is 12.3. The summed E-state index contributed by atoms with van der Waals surface area (Å²) in [6.45, 7) is 0.